The Morgan fingerprint density at radius 3 is 2.53 bits per heavy atom. The zero-order chi connectivity index (χ0) is 12.1. The number of hydrogen-bond donors (Lipinski definition) is 1. The van der Waals surface area contributed by atoms with Gasteiger partial charge in [0, 0.05) is 17.5 Å². The first-order valence-electron chi connectivity index (χ1n) is 6.12. The molecule has 0 aliphatic carbocycles. The van der Waals surface area contributed by atoms with Crippen LogP contribution in [0.5, 0.6) is 0 Å². The van der Waals surface area contributed by atoms with Crippen LogP contribution in [0.1, 0.15) is 35.4 Å². The summed E-state index contributed by atoms with van der Waals surface area (Å²) in [5.74, 6) is 0. The van der Waals surface area contributed by atoms with E-state index in [4.69, 9.17) is 0 Å². The maximum atomic E-state index is 3.62. The maximum absolute atomic E-state index is 3.62. The number of hydrogen-bond acceptors (Lipinski definition) is 2. The smallest absolute Gasteiger partial charge is 0.0320 e. The van der Waals surface area contributed by atoms with Crippen LogP contribution in [0.3, 0.4) is 0 Å². The van der Waals surface area contributed by atoms with Crippen molar-refractivity contribution in [1.29, 1.82) is 0 Å². The van der Waals surface area contributed by atoms with Crippen LogP contribution >= 0.6 is 11.3 Å². The van der Waals surface area contributed by atoms with E-state index in [1.807, 2.05) is 11.3 Å². The minimum Gasteiger partial charge on any atom is -0.305 e. The molecule has 2 rings (SSSR count). The second kappa shape index (κ2) is 5.99. The van der Waals surface area contributed by atoms with Crippen LogP contribution in [0.25, 0.3) is 0 Å². The van der Waals surface area contributed by atoms with Gasteiger partial charge in [-0.3, -0.25) is 0 Å². The molecule has 0 aliphatic heterocycles. The molecule has 0 fully saturated rings. The summed E-state index contributed by atoms with van der Waals surface area (Å²) >= 11 is 1.81. The van der Waals surface area contributed by atoms with Crippen molar-refractivity contribution in [3.8, 4) is 0 Å². The number of nitrogens with one attached hydrogen (secondary N) is 1. The van der Waals surface area contributed by atoms with Crippen molar-refractivity contribution in [2.24, 2.45) is 0 Å². The highest BCUT2D eigenvalue weighted by Gasteiger charge is 2.08. The van der Waals surface area contributed by atoms with Crippen LogP contribution in [0.15, 0.2) is 41.8 Å². The molecule has 0 bridgehead atoms. The first-order chi connectivity index (χ1) is 8.29. The van der Waals surface area contributed by atoms with Gasteiger partial charge in [-0.1, -0.05) is 42.8 Å². The molecular weight excluding hydrogens is 226 g/mol. The molecule has 0 aliphatic rings. The third-order valence-corrected chi connectivity index (χ3v) is 3.87. The van der Waals surface area contributed by atoms with Gasteiger partial charge in [-0.05, 0) is 30.4 Å². The Kier molecular flexibility index (Phi) is 4.35. The van der Waals surface area contributed by atoms with E-state index in [9.17, 15) is 0 Å². The van der Waals surface area contributed by atoms with Crippen molar-refractivity contribution >= 4 is 11.3 Å². The van der Waals surface area contributed by atoms with Gasteiger partial charge in [0.1, 0.15) is 0 Å². The van der Waals surface area contributed by atoms with E-state index in [2.05, 4.69) is 60.9 Å². The van der Waals surface area contributed by atoms with Crippen LogP contribution in [0, 0.1) is 6.92 Å². The highest BCUT2D eigenvalue weighted by molar-refractivity contribution is 7.09. The maximum Gasteiger partial charge on any atom is 0.0320 e. The second-order valence-electron chi connectivity index (χ2n) is 4.33. The van der Waals surface area contributed by atoms with Gasteiger partial charge in [-0.15, -0.1) is 11.3 Å². The average molecular weight is 245 g/mol. The Morgan fingerprint density at radius 1 is 1.18 bits per heavy atom. The molecule has 0 radical (unpaired) electrons. The van der Waals surface area contributed by atoms with Gasteiger partial charge in [0.2, 0.25) is 0 Å². The molecule has 2 heteroatoms. The molecule has 0 saturated heterocycles. The van der Waals surface area contributed by atoms with Crippen LogP contribution < -0.4 is 5.32 Å². The van der Waals surface area contributed by atoms with Gasteiger partial charge in [0.15, 0.2) is 0 Å². The van der Waals surface area contributed by atoms with E-state index >= 15 is 0 Å². The summed E-state index contributed by atoms with van der Waals surface area (Å²) < 4.78 is 0. The molecule has 1 aromatic carbocycles. The molecule has 0 spiro atoms. The Balaban J connectivity index is 1.99. The Labute approximate surface area is 108 Å². The summed E-state index contributed by atoms with van der Waals surface area (Å²) in [5, 5.41) is 5.75. The summed E-state index contributed by atoms with van der Waals surface area (Å²) in [6, 6.07) is 13.6. The highest BCUT2D eigenvalue weighted by Crippen LogP contribution is 2.18. The number of aryl methyl sites for hydroxylation is 1. The monoisotopic (exact) mass is 245 g/mol. The molecule has 0 saturated carbocycles. The van der Waals surface area contributed by atoms with Crippen molar-refractivity contribution in [2.45, 2.75) is 32.9 Å². The van der Waals surface area contributed by atoms with Crippen molar-refractivity contribution in [3.63, 3.8) is 0 Å². The van der Waals surface area contributed by atoms with Crippen LogP contribution in [0.2, 0.25) is 0 Å². The lowest BCUT2D eigenvalue weighted by Gasteiger charge is -2.17. The number of benzene rings is 1. The minimum absolute atomic E-state index is 0.456. The molecule has 17 heavy (non-hydrogen) atoms. The van der Waals surface area contributed by atoms with E-state index in [0.717, 1.165) is 13.0 Å². The summed E-state index contributed by atoms with van der Waals surface area (Å²) in [6.07, 6.45) is 1.12. The lowest BCUT2D eigenvalue weighted by atomic mass is 10.0. The molecule has 0 amide bonds. The molecular formula is C15H19NS. The summed E-state index contributed by atoms with van der Waals surface area (Å²) in [7, 11) is 0. The molecule has 1 heterocycles. The second-order valence-corrected chi connectivity index (χ2v) is 5.36. The van der Waals surface area contributed by atoms with Gasteiger partial charge in [0.05, 0.1) is 0 Å². The van der Waals surface area contributed by atoms with Crippen molar-refractivity contribution in [3.05, 3.63) is 57.8 Å². The van der Waals surface area contributed by atoms with Crippen molar-refractivity contribution in [2.75, 3.05) is 0 Å². The van der Waals surface area contributed by atoms with Gasteiger partial charge in [0.25, 0.3) is 0 Å². The summed E-state index contributed by atoms with van der Waals surface area (Å²) in [6.45, 7) is 5.32. The molecule has 1 atom stereocenters. The fourth-order valence-corrected chi connectivity index (χ4v) is 2.59. The van der Waals surface area contributed by atoms with E-state index in [-0.39, 0.29) is 0 Å². The normalized spacial score (nSPS) is 12.6. The molecule has 2 aromatic rings. The van der Waals surface area contributed by atoms with E-state index in [1.165, 1.54) is 16.0 Å². The van der Waals surface area contributed by atoms with E-state index in [0.29, 0.717) is 6.04 Å². The quantitative estimate of drug-likeness (QED) is 0.828. The SMILES string of the molecule is CCC(NCc1cccs1)c1ccc(C)cc1. The van der Waals surface area contributed by atoms with Gasteiger partial charge in [-0.2, -0.15) is 0 Å². The third-order valence-electron chi connectivity index (χ3n) is 2.99. The molecule has 90 valence electrons. The zero-order valence-electron chi connectivity index (χ0n) is 10.4. The summed E-state index contributed by atoms with van der Waals surface area (Å²) in [5.41, 5.74) is 2.71. The van der Waals surface area contributed by atoms with Gasteiger partial charge < -0.3 is 5.32 Å². The number of thiophene rings is 1. The zero-order valence-corrected chi connectivity index (χ0v) is 11.3. The molecule has 1 nitrogen and oxygen atoms in total. The lowest BCUT2D eigenvalue weighted by molar-refractivity contribution is 0.522. The Hall–Kier alpha value is -1.12. The lowest BCUT2D eigenvalue weighted by Crippen LogP contribution is -2.19. The fraction of sp³-hybridized carbons (Fsp3) is 0.333. The van der Waals surface area contributed by atoms with E-state index < -0.39 is 0 Å². The van der Waals surface area contributed by atoms with Crippen LogP contribution in [0.4, 0.5) is 0 Å². The predicted octanol–water partition coefficient (Wildman–Crippen LogP) is 4.30. The molecule has 1 aromatic heterocycles. The first kappa shape index (κ1) is 12.3. The Morgan fingerprint density at radius 2 is 1.94 bits per heavy atom. The van der Waals surface area contributed by atoms with Crippen molar-refractivity contribution in [1.82, 2.24) is 5.32 Å². The Bertz CT molecular complexity index is 430. The molecule has 1 N–H and O–H groups in total. The predicted molar refractivity (Wildman–Crippen MR) is 75.4 cm³/mol. The van der Waals surface area contributed by atoms with Crippen molar-refractivity contribution < 1.29 is 0 Å². The largest absolute Gasteiger partial charge is 0.305 e. The standard InChI is InChI=1S/C15H19NS/c1-3-15(13-8-6-12(2)7-9-13)16-11-14-5-4-10-17-14/h4-10,15-16H,3,11H2,1-2H3. The molecule has 1 unspecified atom stereocenters. The fourth-order valence-electron chi connectivity index (χ4n) is 1.93. The van der Waals surface area contributed by atoms with E-state index in [1.54, 1.807) is 0 Å². The van der Waals surface area contributed by atoms with Crippen LogP contribution in [-0.4, -0.2) is 0 Å². The average Bonchev–Trinajstić information content (AvgIpc) is 2.85. The van der Waals surface area contributed by atoms with Gasteiger partial charge >= 0.3 is 0 Å². The summed E-state index contributed by atoms with van der Waals surface area (Å²) in [4.78, 5) is 1.40. The highest BCUT2D eigenvalue weighted by atomic mass is 32.1. The number of rotatable bonds is 5. The first-order valence-corrected chi connectivity index (χ1v) is 7.00. The topological polar surface area (TPSA) is 12.0 Å². The third kappa shape index (κ3) is 3.42. The van der Waals surface area contributed by atoms with Gasteiger partial charge in [-0.25, -0.2) is 0 Å². The van der Waals surface area contributed by atoms with Crippen LogP contribution in [-0.2, 0) is 6.54 Å². The minimum atomic E-state index is 0.456.